The Hall–Kier alpha value is -1.65. The first-order valence-corrected chi connectivity index (χ1v) is 7.89. The molecule has 20 heavy (non-hydrogen) atoms. The summed E-state index contributed by atoms with van der Waals surface area (Å²) >= 11 is 0. The largest absolute Gasteiger partial charge is 0.492 e. The van der Waals surface area contributed by atoms with Crippen molar-refractivity contribution in [1.29, 1.82) is 0 Å². The van der Waals surface area contributed by atoms with E-state index >= 15 is 0 Å². The van der Waals surface area contributed by atoms with E-state index in [9.17, 15) is 4.21 Å². The fourth-order valence-electron chi connectivity index (χ4n) is 1.96. The molecule has 106 valence electrons. The Balaban J connectivity index is 1.93. The summed E-state index contributed by atoms with van der Waals surface area (Å²) in [6.45, 7) is 2.83. The highest BCUT2D eigenvalue weighted by Gasteiger charge is 2.07. The summed E-state index contributed by atoms with van der Waals surface area (Å²) in [6.07, 6.45) is 0. The van der Waals surface area contributed by atoms with Gasteiger partial charge in [0.15, 0.2) is 0 Å². The van der Waals surface area contributed by atoms with E-state index in [2.05, 4.69) is 0 Å². The fourth-order valence-corrected chi connectivity index (χ4v) is 3.07. The molecule has 2 rings (SSSR count). The molecule has 2 N–H and O–H groups in total. The zero-order chi connectivity index (χ0) is 14.4. The van der Waals surface area contributed by atoms with Crippen molar-refractivity contribution in [3.8, 4) is 5.75 Å². The quantitative estimate of drug-likeness (QED) is 0.889. The number of benzene rings is 2. The second-order valence-corrected chi connectivity index (χ2v) is 6.01. The molecule has 3 nitrogen and oxygen atoms in total. The summed E-state index contributed by atoms with van der Waals surface area (Å²) in [6, 6.07) is 15.4. The Bertz CT molecular complexity index is 599. The molecule has 0 radical (unpaired) electrons. The third kappa shape index (κ3) is 3.68. The second kappa shape index (κ2) is 7.22. The van der Waals surface area contributed by atoms with E-state index in [1.165, 1.54) is 0 Å². The lowest BCUT2D eigenvalue weighted by Gasteiger charge is -2.10. The van der Waals surface area contributed by atoms with E-state index in [1.807, 2.05) is 55.5 Å². The van der Waals surface area contributed by atoms with Crippen molar-refractivity contribution in [3.63, 3.8) is 0 Å². The maximum Gasteiger partial charge on any atom is 0.123 e. The maximum atomic E-state index is 12.2. The minimum Gasteiger partial charge on any atom is -0.492 e. The standard InChI is InChI=1S/C16H19NO2S/c1-13-6-2-5-9-16(13)20(18)11-10-19-15-8-4-3-7-14(15)12-17/h2-9H,10-12,17H2,1H3. The number of aryl methyl sites for hydroxylation is 1. The van der Waals surface area contributed by atoms with Gasteiger partial charge in [-0.05, 0) is 24.6 Å². The van der Waals surface area contributed by atoms with Gasteiger partial charge in [0, 0.05) is 17.0 Å². The van der Waals surface area contributed by atoms with E-state index in [0.717, 1.165) is 21.8 Å². The molecule has 0 aromatic heterocycles. The van der Waals surface area contributed by atoms with Crippen LogP contribution < -0.4 is 10.5 Å². The molecule has 0 heterocycles. The van der Waals surface area contributed by atoms with Crippen LogP contribution in [0.4, 0.5) is 0 Å². The molecule has 0 amide bonds. The van der Waals surface area contributed by atoms with Gasteiger partial charge in [0.25, 0.3) is 0 Å². The monoisotopic (exact) mass is 289 g/mol. The van der Waals surface area contributed by atoms with E-state index in [-0.39, 0.29) is 0 Å². The average molecular weight is 289 g/mol. The van der Waals surface area contributed by atoms with Crippen molar-refractivity contribution in [2.24, 2.45) is 5.73 Å². The normalized spacial score (nSPS) is 12.1. The van der Waals surface area contributed by atoms with E-state index in [0.29, 0.717) is 18.9 Å². The first-order valence-electron chi connectivity index (χ1n) is 6.57. The molecule has 0 spiro atoms. The SMILES string of the molecule is Cc1ccccc1S(=O)CCOc1ccccc1CN. The number of hydrogen-bond acceptors (Lipinski definition) is 3. The lowest BCUT2D eigenvalue weighted by Crippen LogP contribution is -2.11. The molecule has 0 aliphatic carbocycles. The molecular formula is C16H19NO2S. The van der Waals surface area contributed by atoms with Crippen LogP contribution >= 0.6 is 0 Å². The van der Waals surface area contributed by atoms with Gasteiger partial charge in [0.05, 0.1) is 16.6 Å². The van der Waals surface area contributed by atoms with Gasteiger partial charge in [0.2, 0.25) is 0 Å². The predicted molar refractivity (Wildman–Crippen MR) is 82.3 cm³/mol. The van der Waals surface area contributed by atoms with Gasteiger partial charge in [-0.3, -0.25) is 4.21 Å². The highest BCUT2D eigenvalue weighted by Crippen LogP contribution is 2.17. The lowest BCUT2D eigenvalue weighted by molar-refractivity contribution is 0.339. The molecule has 2 aromatic carbocycles. The zero-order valence-corrected chi connectivity index (χ0v) is 12.4. The molecule has 0 saturated heterocycles. The third-order valence-corrected chi connectivity index (χ3v) is 4.54. The number of ether oxygens (including phenoxy) is 1. The van der Waals surface area contributed by atoms with Gasteiger partial charge in [-0.2, -0.15) is 0 Å². The lowest BCUT2D eigenvalue weighted by atomic mass is 10.2. The Kier molecular flexibility index (Phi) is 5.32. The van der Waals surface area contributed by atoms with Crippen molar-refractivity contribution in [3.05, 3.63) is 59.7 Å². The average Bonchev–Trinajstić information content (AvgIpc) is 2.48. The summed E-state index contributed by atoms with van der Waals surface area (Å²) in [5.74, 6) is 1.25. The number of nitrogens with two attached hydrogens (primary N) is 1. The Morgan fingerprint density at radius 2 is 1.80 bits per heavy atom. The van der Waals surface area contributed by atoms with Crippen LogP contribution in [-0.4, -0.2) is 16.6 Å². The number of para-hydroxylation sites is 1. The summed E-state index contributed by atoms with van der Waals surface area (Å²) in [4.78, 5) is 0.878. The zero-order valence-electron chi connectivity index (χ0n) is 11.5. The van der Waals surface area contributed by atoms with Crippen LogP contribution in [0, 0.1) is 6.92 Å². The first-order chi connectivity index (χ1) is 9.72. The minimum atomic E-state index is -1.03. The number of rotatable bonds is 6. The third-order valence-electron chi connectivity index (χ3n) is 3.06. The molecule has 1 unspecified atom stereocenters. The molecule has 0 saturated carbocycles. The maximum absolute atomic E-state index is 12.2. The van der Waals surface area contributed by atoms with E-state index in [1.54, 1.807) is 0 Å². The van der Waals surface area contributed by atoms with Crippen LogP contribution in [0.25, 0.3) is 0 Å². The Labute approximate surface area is 122 Å². The molecule has 0 bridgehead atoms. The van der Waals surface area contributed by atoms with Gasteiger partial charge in [0.1, 0.15) is 12.4 Å². The van der Waals surface area contributed by atoms with Crippen LogP contribution in [-0.2, 0) is 17.3 Å². The van der Waals surface area contributed by atoms with Gasteiger partial charge in [-0.25, -0.2) is 0 Å². The molecule has 1 atom stereocenters. The highest BCUT2D eigenvalue weighted by atomic mass is 32.2. The summed E-state index contributed by atoms with van der Waals surface area (Å²) in [7, 11) is -1.03. The smallest absolute Gasteiger partial charge is 0.123 e. The van der Waals surface area contributed by atoms with Crippen LogP contribution in [0.1, 0.15) is 11.1 Å². The van der Waals surface area contributed by atoms with Crippen molar-refractivity contribution >= 4 is 10.8 Å². The predicted octanol–water partition coefficient (Wildman–Crippen LogP) is 2.64. The van der Waals surface area contributed by atoms with Crippen molar-refractivity contribution in [2.75, 3.05) is 12.4 Å². The Morgan fingerprint density at radius 1 is 1.10 bits per heavy atom. The first kappa shape index (κ1) is 14.8. The Morgan fingerprint density at radius 3 is 2.55 bits per heavy atom. The van der Waals surface area contributed by atoms with E-state index in [4.69, 9.17) is 10.5 Å². The summed E-state index contributed by atoms with van der Waals surface area (Å²) in [5, 5.41) is 0. The molecule has 2 aromatic rings. The summed E-state index contributed by atoms with van der Waals surface area (Å²) in [5.41, 5.74) is 7.67. The van der Waals surface area contributed by atoms with Crippen LogP contribution in [0.3, 0.4) is 0 Å². The number of hydrogen-bond donors (Lipinski definition) is 1. The topological polar surface area (TPSA) is 52.3 Å². The molecule has 0 aliphatic rings. The van der Waals surface area contributed by atoms with Crippen LogP contribution in [0.2, 0.25) is 0 Å². The van der Waals surface area contributed by atoms with Crippen molar-refractivity contribution < 1.29 is 8.95 Å². The molecule has 0 aliphatic heterocycles. The van der Waals surface area contributed by atoms with Gasteiger partial charge < -0.3 is 10.5 Å². The minimum absolute atomic E-state index is 0.415. The van der Waals surface area contributed by atoms with Crippen LogP contribution in [0.15, 0.2) is 53.4 Å². The van der Waals surface area contributed by atoms with Crippen molar-refractivity contribution in [1.82, 2.24) is 0 Å². The highest BCUT2D eigenvalue weighted by molar-refractivity contribution is 7.85. The second-order valence-electron chi connectivity index (χ2n) is 4.48. The van der Waals surface area contributed by atoms with Crippen LogP contribution in [0.5, 0.6) is 5.75 Å². The van der Waals surface area contributed by atoms with Crippen molar-refractivity contribution in [2.45, 2.75) is 18.4 Å². The van der Waals surface area contributed by atoms with Gasteiger partial charge in [-0.1, -0.05) is 36.4 Å². The molecule has 4 heteroatoms. The van der Waals surface area contributed by atoms with Gasteiger partial charge >= 0.3 is 0 Å². The summed E-state index contributed by atoms with van der Waals surface area (Å²) < 4.78 is 17.9. The fraction of sp³-hybridized carbons (Fsp3) is 0.250. The van der Waals surface area contributed by atoms with E-state index < -0.39 is 10.8 Å². The molecule has 0 fully saturated rings. The molecular weight excluding hydrogens is 270 g/mol. The van der Waals surface area contributed by atoms with Gasteiger partial charge in [-0.15, -0.1) is 0 Å².